The molecule has 0 bridgehead atoms. The summed E-state index contributed by atoms with van der Waals surface area (Å²) in [6.07, 6.45) is 0.464. The fourth-order valence-electron chi connectivity index (χ4n) is 2.96. The summed E-state index contributed by atoms with van der Waals surface area (Å²) in [5.74, 6) is -0.0426. The Bertz CT molecular complexity index is 883. The first-order valence-electron chi connectivity index (χ1n) is 7.86. The van der Waals surface area contributed by atoms with E-state index in [1.807, 2.05) is 18.2 Å². The molecule has 0 N–H and O–H groups in total. The maximum Gasteiger partial charge on any atom is 0.255 e. The number of sulfone groups is 1. The van der Waals surface area contributed by atoms with Gasteiger partial charge in [-0.1, -0.05) is 35.9 Å². The number of carbonyl (C=O) groups excluding carboxylic acids is 1. The molecule has 7 heteroatoms. The largest absolute Gasteiger partial charge is 0.330 e. The highest BCUT2D eigenvalue weighted by molar-refractivity contribution is 9.10. The van der Waals surface area contributed by atoms with E-state index >= 15 is 0 Å². The van der Waals surface area contributed by atoms with E-state index in [0.717, 1.165) is 5.56 Å². The molecule has 1 fully saturated rings. The van der Waals surface area contributed by atoms with E-state index in [-0.39, 0.29) is 23.5 Å². The molecule has 1 saturated heterocycles. The van der Waals surface area contributed by atoms with Crippen molar-refractivity contribution in [1.29, 1.82) is 0 Å². The van der Waals surface area contributed by atoms with Crippen molar-refractivity contribution in [2.75, 3.05) is 11.5 Å². The fraction of sp³-hybridized carbons (Fsp3) is 0.278. The third-order valence-corrected chi connectivity index (χ3v) is 6.97. The molecule has 0 aromatic heterocycles. The van der Waals surface area contributed by atoms with Crippen LogP contribution in [0.1, 0.15) is 22.3 Å². The molecule has 0 radical (unpaired) electrons. The van der Waals surface area contributed by atoms with Crippen molar-refractivity contribution in [2.24, 2.45) is 0 Å². The van der Waals surface area contributed by atoms with Gasteiger partial charge < -0.3 is 4.90 Å². The van der Waals surface area contributed by atoms with Crippen LogP contribution >= 0.6 is 27.5 Å². The molecule has 0 saturated carbocycles. The standard InChI is InChI=1S/C18H17BrClNO3S/c19-17-4-2-1-3-16(17)18(22)21(15-9-10-25(23,24)12-15)11-13-5-7-14(20)8-6-13/h1-8,15H,9-12H2/t15-/m0/s1. The number of hydrogen-bond acceptors (Lipinski definition) is 3. The highest BCUT2D eigenvalue weighted by Gasteiger charge is 2.35. The highest BCUT2D eigenvalue weighted by Crippen LogP contribution is 2.25. The number of carbonyl (C=O) groups is 1. The average Bonchev–Trinajstić information content (AvgIpc) is 2.94. The van der Waals surface area contributed by atoms with Crippen LogP contribution in [-0.4, -0.2) is 36.8 Å². The lowest BCUT2D eigenvalue weighted by atomic mass is 10.1. The Hall–Kier alpha value is -1.37. The molecule has 3 rings (SSSR count). The monoisotopic (exact) mass is 441 g/mol. The molecule has 2 aromatic rings. The first-order chi connectivity index (χ1) is 11.9. The van der Waals surface area contributed by atoms with Gasteiger partial charge in [0.1, 0.15) is 0 Å². The van der Waals surface area contributed by atoms with Gasteiger partial charge in [-0.05, 0) is 52.2 Å². The second kappa shape index (κ2) is 7.48. The van der Waals surface area contributed by atoms with Crippen LogP contribution in [0.15, 0.2) is 53.0 Å². The number of rotatable bonds is 4. The lowest BCUT2D eigenvalue weighted by Gasteiger charge is -2.29. The van der Waals surface area contributed by atoms with E-state index in [4.69, 9.17) is 11.6 Å². The first kappa shape index (κ1) is 18.4. The Balaban J connectivity index is 1.92. The van der Waals surface area contributed by atoms with Crippen molar-refractivity contribution in [3.8, 4) is 0 Å². The van der Waals surface area contributed by atoms with E-state index < -0.39 is 9.84 Å². The smallest absolute Gasteiger partial charge is 0.255 e. The van der Waals surface area contributed by atoms with Crippen LogP contribution in [0.3, 0.4) is 0 Å². The molecule has 132 valence electrons. The lowest BCUT2D eigenvalue weighted by Crippen LogP contribution is -2.40. The SMILES string of the molecule is O=C(c1ccccc1Br)N(Cc1ccc(Cl)cc1)[C@H]1CCS(=O)(=O)C1. The van der Waals surface area contributed by atoms with E-state index in [9.17, 15) is 13.2 Å². The van der Waals surface area contributed by atoms with Crippen molar-refractivity contribution >= 4 is 43.3 Å². The molecule has 1 amide bonds. The van der Waals surface area contributed by atoms with Crippen LogP contribution in [0.4, 0.5) is 0 Å². The normalized spacial score (nSPS) is 18.9. The number of hydrogen-bond donors (Lipinski definition) is 0. The van der Waals surface area contributed by atoms with Crippen LogP contribution in [0.2, 0.25) is 5.02 Å². The van der Waals surface area contributed by atoms with Crippen molar-refractivity contribution in [3.63, 3.8) is 0 Å². The molecule has 4 nitrogen and oxygen atoms in total. The second-order valence-electron chi connectivity index (χ2n) is 6.10. The molecule has 1 heterocycles. The Labute approximate surface area is 160 Å². The summed E-state index contributed by atoms with van der Waals surface area (Å²) in [5, 5.41) is 0.621. The van der Waals surface area contributed by atoms with Crippen LogP contribution in [0.5, 0.6) is 0 Å². The zero-order chi connectivity index (χ0) is 18.0. The molecular formula is C18H17BrClNO3S. The van der Waals surface area contributed by atoms with Crippen LogP contribution in [-0.2, 0) is 16.4 Å². The van der Waals surface area contributed by atoms with E-state index in [1.165, 1.54) is 0 Å². The molecule has 0 unspecified atom stereocenters. The average molecular weight is 443 g/mol. The van der Waals surface area contributed by atoms with Crippen molar-refractivity contribution in [1.82, 2.24) is 4.90 Å². The minimum Gasteiger partial charge on any atom is -0.330 e. The van der Waals surface area contributed by atoms with Gasteiger partial charge in [0.05, 0.1) is 17.1 Å². The van der Waals surface area contributed by atoms with Gasteiger partial charge in [-0.15, -0.1) is 0 Å². The topological polar surface area (TPSA) is 54.5 Å². The molecule has 1 atom stereocenters. The predicted octanol–water partition coefficient (Wildman–Crippen LogP) is 3.93. The summed E-state index contributed by atoms with van der Waals surface area (Å²) >= 11 is 9.33. The summed E-state index contributed by atoms with van der Waals surface area (Å²) < 4.78 is 24.5. The molecule has 2 aromatic carbocycles. The van der Waals surface area contributed by atoms with Gasteiger partial charge in [0.15, 0.2) is 9.84 Å². The van der Waals surface area contributed by atoms with Crippen LogP contribution in [0.25, 0.3) is 0 Å². The molecule has 1 aliphatic rings. The van der Waals surface area contributed by atoms with Crippen LogP contribution < -0.4 is 0 Å². The fourth-order valence-corrected chi connectivity index (χ4v) is 5.27. The van der Waals surface area contributed by atoms with Crippen molar-refractivity contribution in [3.05, 3.63) is 69.2 Å². The molecule has 0 aliphatic carbocycles. The number of benzene rings is 2. The van der Waals surface area contributed by atoms with Crippen LogP contribution in [0, 0.1) is 0 Å². The minimum atomic E-state index is -3.09. The molecule has 0 spiro atoms. The van der Waals surface area contributed by atoms with E-state index in [2.05, 4.69) is 15.9 Å². The van der Waals surface area contributed by atoms with Gasteiger partial charge in [0, 0.05) is 22.1 Å². The summed E-state index contributed by atoms with van der Waals surface area (Å²) in [7, 11) is -3.09. The number of halogens is 2. The summed E-state index contributed by atoms with van der Waals surface area (Å²) in [6, 6.07) is 14.1. The third-order valence-electron chi connectivity index (χ3n) is 4.28. The Morgan fingerprint density at radius 2 is 1.84 bits per heavy atom. The molecule has 1 aliphatic heterocycles. The Morgan fingerprint density at radius 1 is 1.16 bits per heavy atom. The van der Waals surface area contributed by atoms with Gasteiger partial charge in [-0.3, -0.25) is 4.79 Å². The van der Waals surface area contributed by atoms with Gasteiger partial charge in [-0.25, -0.2) is 8.42 Å². The Kier molecular flexibility index (Phi) is 5.51. The number of amides is 1. The van der Waals surface area contributed by atoms with Crippen molar-refractivity contribution in [2.45, 2.75) is 19.0 Å². The van der Waals surface area contributed by atoms with Gasteiger partial charge in [0.2, 0.25) is 0 Å². The minimum absolute atomic E-state index is 0.0107. The zero-order valence-electron chi connectivity index (χ0n) is 13.4. The van der Waals surface area contributed by atoms with Gasteiger partial charge in [0.25, 0.3) is 5.91 Å². The lowest BCUT2D eigenvalue weighted by molar-refractivity contribution is 0.0680. The number of nitrogens with zero attached hydrogens (tertiary/aromatic N) is 1. The van der Waals surface area contributed by atoms with Gasteiger partial charge in [-0.2, -0.15) is 0 Å². The quantitative estimate of drug-likeness (QED) is 0.721. The maximum absolute atomic E-state index is 13.1. The maximum atomic E-state index is 13.1. The van der Waals surface area contributed by atoms with E-state index in [1.54, 1.807) is 35.2 Å². The van der Waals surface area contributed by atoms with Crippen molar-refractivity contribution < 1.29 is 13.2 Å². The zero-order valence-corrected chi connectivity index (χ0v) is 16.5. The van der Waals surface area contributed by atoms with Gasteiger partial charge >= 0.3 is 0 Å². The Morgan fingerprint density at radius 3 is 2.44 bits per heavy atom. The van der Waals surface area contributed by atoms with E-state index in [0.29, 0.717) is 28.0 Å². The highest BCUT2D eigenvalue weighted by atomic mass is 79.9. The second-order valence-corrected chi connectivity index (χ2v) is 9.62. The third kappa shape index (κ3) is 4.43. The summed E-state index contributed by atoms with van der Waals surface area (Å²) in [4.78, 5) is 14.8. The molecule has 25 heavy (non-hydrogen) atoms. The predicted molar refractivity (Wildman–Crippen MR) is 103 cm³/mol. The summed E-state index contributed by atoms with van der Waals surface area (Å²) in [5.41, 5.74) is 1.44. The first-order valence-corrected chi connectivity index (χ1v) is 10.9. The summed E-state index contributed by atoms with van der Waals surface area (Å²) in [6.45, 7) is 0.345. The molecular weight excluding hydrogens is 426 g/mol.